The summed E-state index contributed by atoms with van der Waals surface area (Å²) in [5.74, 6) is -1.32. The Balaban J connectivity index is 0.00000312. The van der Waals surface area contributed by atoms with Gasteiger partial charge in [0.2, 0.25) is 0 Å². The molecule has 0 heterocycles. The largest absolute Gasteiger partial charge is 0.480 e. The second kappa shape index (κ2) is 9.63. The van der Waals surface area contributed by atoms with E-state index in [0.717, 1.165) is 5.56 Å². The van der Waals surface area contributed by atoms with E-state index in [1.165, 1.54) is 0 Å². The van der Waals surface area contributed by atoms with E-state index >= 15 is 0 Å². The Morgan fingerprint density at radius 2 is 1.64 bits per heavy atom. The molecular weight excluding hydrogens is 387 g/mol. The zero-order chi connectivity index (χ0) is 17.7. The fourth-order valence-electron chi connectivity index (χ4n) is 2.18. The summed E-state index contributed by atoms with van der Waals surface area (Å²) in [5.41, 5.74) is 1.62. The van der Waals surface area contributed by atoms with Crippen LogP contribution in [-0.2, 0) is 11.2 Å². The highest BCUT2D eigenvalue weighted by Crippen LogP contribution is 2.25. The smallest absolute Gasteiger partial charge is 0.321 e. The molecule has 0 spiro atoms. The molecule has 3 N–H and O–H groups in total. The van der Waals surface area contributed by atoms with E-state index in [0.29, 0.717) is 12.1 Å². The number of carboxylic acid groups (broad SMARTS) is 1. The van der Waals surface area contributed by atoms with Crippen molar-refractivity contribution in [3.63, 3.8) is 0 Å². The van der Waals surface area contributed by atoms with Gasteiger partial charge in [-0.2, -0.15) is 0 Å². The first-order valence-electron chi connectivity index (χ1n) is 7.16. The Kier molecular flexibility index (Phi) is 8.19. The second-order valence-corrected chi connectivity index (χ2v) is 5.95. The average Bonchev–Trinajstić information content (AvgIpc) is 2.53. The molecule has 0 aliphatic rings. The van der Waals surface area contributed by atoms with Gasteiger partial charge in [-0.3, -0.25) is 9.59 Å². The van der Waals surface area contributed by atoms with E-state index in [1.807, 2.05) is 0 Å². The first kappa shape index (κ1) is 21.3. The zero-order valence-corrected chi connectivity index (χ0v) is 15.6. The van der Waals surface area contributed by atoms with Crippen molar-refractivity contribution in [2.24, 2.45) is 0 Å². The summed E-state index contributed by atoms with van der Waals surface area (Å²) in [6.45, 7) is 0. The first-order chi connectivity index (χ1) is 11.4. The Morgan fingerprint density at radius 3 is 2.12 bits per heavy atom. The highest BCUT2D eigenvalue weighted by Gasteiger charge is 2.16. The lowest BCUT2D eigenvalue weighted by Crippen LogP contribution is -2.35. The highest BCUT2D eigenvalue weighted by molar-refractivity contribution is 6.40. The highest BCUT2D eigenvalue weighted by atomic mass is 35.5. The topological polar surface area (TPSA) is 78.4 Å². The van der Waals surface area contributed by atoms with Gasteiger partial charge in [0.1, 0.15) is 6.04 Å². The number of halogens is 3. The quantitative estimate of drug-likeness (QED) is 0.684. The maximum atomic E-state index is 12.3. The van der Waals surface area contributed by atoms with Crippen molar-refractivity contribution >= 4 is 53.2 Å². The molecule has 1 atom stereocenters. The molecule has 0 fully saturated rings. The lowest BCUT2D eigenvalue weighted by atomic mass is 10.1. The number of hydrogen-bond donors (Lipinski definition) is 3. The number of carbonyl (C=O) groups is 2. The van der Waals surface area contributed by atoms with Crippen LogP contribution < -0.4 is 10.6 Å². The zero-order valence-electron chi connectivity index (χ0n) is 13.3. The van der Waals surface area contributed by atoms with Gasteiger partial charge in [-0.1, -0.05) is 41.4 Å². The molecule has 0 saturated heterocycles. The number of nitrogens with one attached hydrogen (secondary N) is 2. The predicted molar refractivity (Wildman–Crippen MR) is 102 cm³/mol. The van der Waals surface area contributed by atoms with Crippen LogP contribution in [0.3, 0.4) is 0 Å². The van der Waals surface area contributed by atoms with Crippen LogP contribution in [0, 0.1) is 0 Å². The number of rotatable bonds is 6. The van der Waals surface area contributed by atoms with Crippen molar-refractivity contribution in [2.45, 2.75) is 12.5 Å². The van der Waals surface area contributed by atoms with Crippen LogP contribution in [-0.4, -0.2) is 30.1 Å². The first-order valence-corrected chi connectivity index (χ1v) is 7.92. The Bertz CT molecular complexity index is 731. The minimum absolute atomic E-state index is 0. The van der Waals surface area contributed by atoms with Crippen molar-refractivity contribution in [3.05, 3.63) is 63.6 Å². The van der Waals surface area contributed by atoms with Crippen LogP contribution >= 0.6 is 35.6 Å². The van der Waals surface area contributed by atoms with Crippen LogP contribution in [0.15, 0.2) is 42.5 Å². The molecule has 5 nitrogen and oxygen atoms in total. The van der Waals surface area contributed by atoms with Gasteiger partial charge in [-0.05, 0) is 43.3 Å². The van der Waals surface area contributed by atoms with Crippen LogP contribution in [0.4, 0.5) is 5.69 Å². The lowest BCUT2D eigenvalue weighted by Gasteiger charge is -2.12. The van der Waals surface area contributed by atoms with Crippen molar-refractivity contribution < 1.29 is 14.7 Å². The molecule has 2 aromatic carbocycles. The maximum absolute atomic E-state index is 12.3. The Labute approximate surface area is 161 Å². The maximum Gasteiger partial charge on any atom is 0.321 e. The van der Waals surface area contributed by atoms with Gasteiger partial charge in [0, 0.05) is 5.69 Å². The molecule has 134 valence electrons. The number of aliphatic carboxylic acids is 1. The van der Waals surface area contributed by atoms with Gasteiger partial charge < -0.3 is 15.7 Å². The van der Waals surface area contributed by atoms with Gasteiger partial charge in [0.25, 0.3) is 5.91 Å². The third-order valence-electron chi connectivity index (χ3n) is 3.49. The fourth-order valence-corrected chi connectivity index (χ4v) is 2.75. The van der Waals surface area contributed by atoms with Crippen molar-refractivity contribution in [3.8, 4) is 0 Å². The standard InChI is InChI=1S/C17H16Cl2N2O3.ClH/c1-20-14(17(23)24)9-10-5-7-11(8-6-10)21-16(22)15-12(18)3-2-4-13(15)19;/h2-8,14,20H,9H2,1H3,(H,21,22)(H,23,24);1H/t14-;/m0./s1. The summed E-state index contributed by atoms with van der Waals surface area (Å²) in [6, 6.07) is 11.1. The van der Waals surface area contributed by atoms with Crippen LogP contribution in [0.1, 0.15) is 15.9 Å². The molecule has 0 aliphatic carbocycles. The molecule has 0 bridgehead atoms. The van der Waals surface area contributed by atoms with Crippen molar-refractivity contribution in [2.75, 3.05) is 12.4 Å². The molecule has 2 aromatic rings. The minimum atomic E-state index is -0.914. The van der Waals surface area contributed by atoms with Crippen LogP contribution in [0.2, 0.25) is 10.0 Å². The number of carbonyl (C=O) groups excluding carboxylic acids is 1. The molecule has 2 rings (SSSR count). The van der Waals surface area contributed by atoms with Crippen LogP contribution in [0.25, 0.3) is 0 Å². The lowest BCUT2D eigenvalue weighted by molar-refractivity contribution is -0.139. The summed E-state index contributed by atoms with van der Waals surface area (Å²) in [5, 5.41) is 15.0. The van der Waals surface area contributed by atoms with Gasteiger partial charge in [-0.25, -0.2) is 0 Å². The number of likely N-dealkylation sites (N-methyl/N-ethyl adjacent to an activating group) is 1. The normalized spacial score (nSPS) is 11.3. The van der Waals surface area contributed by atoms with Gasteiger partial charge in [0.15, 0.2) is 0 Å². The summed E-state index contributed by atoms with van der Waals surface area (Å²) >= 11 is 12.0. The summed E-state index contributed by atoms with van der Waals surface area (Å²) in [7, 11) is 1.60. The number of benzene rings is 2. The van der Waals surface area contributed by atoms with Crippen molar-refractivity contribution in [1.82, 2.24) is 5.32 Å². The number of anilines is 1. The summed E-state index contributed by atoms with van der Waals surface area (Å²) < 4.78 is 0. The predicted octanol–water partition coefficient (Wildman–Crippen LogP) is 3.88. The van der Waals surface area contributed by atoms with E-state index in [2.05, 4.69) is 10.6 Å². The molecule has 8 heteroatoms. The molecule has 0 aliphatic heterocycles. The minimum Gasteiger partial charge on any atom is -0.480 e. The van der Waals surface area contributed by atoms with Gasteiger partial charge in [0.05, 0.1) is 15.6 Å². The molecule has 25 heavy (non-hydrogen) atoms. The third-order valence-corrected chi connectivity index (χ3v) is 4.12. The average molecular weight is 404 g/mol. The van der Waals surface area contributed by atoms with E-state index in [4.69, 9.17) is 28.3 Å². The Hall–Kier alpha value is -1.79. The molecule has 0 aromatic heterocycles. The molecule has 1 amide bonds. The van der Waals surface area contributed by atoms with E-state index in [-0.39, 0.29) is 28.0 Å². The molecule has 0 saturated carbocycles. The van der Waals surface area contributed by atoms with Gasteiger partial charge >= 0.3 is 5.97 Å². The van der Waals surface area contributed by atoms with Gasteiger partial charge in [-0.15, -0.1) is 12.4 Å². The molecule has 0 radical (unpaired) electrons. The Morgan fingerprint density at radius 1 is 1.08 bits per heavy atom. The van der Waals surface area contributed by atoms with E-state index in [1.54, 1.807) is 49.5 Å². The van der Waals surface area contributed by atoms with E-state index in [9.17, 15) is 9.59 Å². The third kappa shape index (κ3) is 5.61. The SMILES string of the molecule is CN[C@@H](Cc1ccc(NC(=O)c2c(Cl)cccc2Cl)cc1)C(=O)O.Cl. The van der Waals surface area contributed by atoms with Crippen LogP contribution in [0.5, 0.6) is 0 Å². The number of amides is 1. The monoisotopic (exact) mass is 402 g/mol. The summed E-state index contributed by atoms with van der Waals surface area (Å²) in [6.07, 6.45) is 0.344. The second-order valence-electron chi connectivity index (χ2n) is 5.13. The number of carboxylic acids is 1. The molecule has 0 unspecified atom stereocenters. The van der Waals surface area contributed by atoms with E-state index < -0.39 is 17.9 Å². The fraction of sp³-hybridized carbons (Fsp3) is 0.176. The number of hydrogen-bond acceptors (Lipinski definition) is 3. The van der Waals surface area contributed by atoms with Crippen molar-refractivity contribution in [1.29, 1.82) is 0 Å². The summed E-state index contributed by atoms with van der Waals surface area (Å²) in [4.78, 5) is 23.3. The molecular formula is C17H17Cl3N2O3.